The van der Waals surface area contributed by atoms with E-state index in [1.165, 1.54) is 18.2 Å². The molecule has 1 aliphatic rings. The van der Waals surface area contributed by atoms with Crippen LogP contribution < -0.4 is 0 Å². The standard InChI is InChI=1S/C18H20FN3O2/c1-20-9-6-15(13-20)18(24)22-8-3-7-21(10-11-22)17(23)14-4-2-5-16(19)12-14/h2,4-6,9,12-13H,3,7-8,10-11H2,1H3. The van der Waals surface area contributed by atoms with Crippen molar-refractivity contribution in [3.05, 3.63) is 59.7 Å². The highest BCUT2D eigenvalue weighted by atomic mass is 19.1. The summed E-state index contributed by atoms with van der Waals surface area (Å²) in [4.78, 5) is 28.5. The van der Waals surface area contributed by atoms with E-state index in [2.05, 4.69) is 0 Å². The van der Waals surface area contributed by atoms with Gasteiger partial charge in [-0.1, -0.05) is 6.07 Å². The molecular weight excluding hydrogens is 309 g/mol. The molecule has 2 aromatic rings. The van der Waals surface area contributed by atoms with Gasteiger partial charge in [-0.2, -0.15) is 0 Å². The lowest BCUT2D eigenvalue weighted by atomic mass is 10.2. The largest absolute Gasteiger partial charge is 0.356 e. The van der Waals surface area contributed by atoms with Gasteiger partial charge >= 0.3 is 0 Å². The van der Waals surface area contributed by atoms with Crippen LogP contribution in [0, 0.1) is 5.82 Å². The summed E-state index contributed by atoms with van der Waals surface area (Å²) in [7, 11) is 1.87. The molecule has 1 aliphatic heterocycles. The zero-order valence-corrected chi connectivity index (χ0v) is 13.6. The number of carbonyl (C=O) groups is 2. The summed E-state index contributed by atoms with van der Waals surface area (Å²) >= 11 is 0. The molecule has 6 heteroatoms. The molecule has 126 valence electrons. The van der Waals surface area contributed by atoms with E-state index in [0.717, 1.165) is 0 Å². The third kappa shape index (κ3) is 3.48. The Morgan fingerprint density at radius 2 is 1.62 bits per heavy atom. The molecule has 0 unspecified atom stereocenters. The van der Waals surface area contributed by atoms with Gasteiger partial charge in [0.2, 0.25) is 0 Å². The van der Waals surface area contributed by atoms with Crippen LogP contribution in [-0.2, 0) is 7.05 Å². The van der Waals surface area contributed by atoms with Crippen molar-refractivity contribution in [3.8, 4) is 0 Å². The molecule has 24 heavy (non-hydrogen) atoms. The number of amides is 2. The molecular formula is C18H20FN3O2. The zero-order valence-electron chi connectivity index (χ0n) is 13.6. The van der Waals surface area contributed by atoms with Crippen molar-refractivity contribution in [2.24, 2.45) is 7.05 Å². The minimum atomic E-state index is -0.420. The summed E-state index contributed by atoms with van der Waals surface area (Å²) in [6.07, 6.45) is 4.34. The molecule has 0 saturated carbocycles. The maximum absolute atomic E-state index is 13.3. The molecule has 1 aromatic heterocycles. The minimum Gasteiger partial charge on any atom is -0.356 e. The molecule has 1 aromatic carbocycles. The van der Waals surface area contributed by atoms with E-state index >= 15 is 0 Å². The second-order valence-corrected chi connectivity index (χ2v) is 6.01. The van der Waals surface area contributed by atoms with Crippen LogP contribution in [0.4, 0.5) is 4.39 Å². The number of hydrogen-bond acceptors (Lipinski definition) is 2. The molecule has 1 saturated heterocycles. The van der Waals surface area contributed by atoms with Crippen LogP contribution in [-0.4, -0.2) is 52.4 Å². The predicted octanol–water partition coefficient (Wildman–Crippen LogP) is 2.15. The summed E-state index contributed by atoms with van der Waals surface area (Å²) < 4.78 is 15.1. The van der Waals surface area contributed by atoms with Gasteiger partial charge in [0.25, 0.3) is 11.8 Å². The molecule has 0 radical (unpaired) electrons. The minimum absolute atomic E-state index is 0.0179. The summed E-state index contributed by atoms with van der Waals surface area (Å²) in [6, 6.07) is 7.51. The van der Waals surface area contributed by atoms with E-state index < -0.39 is 5.82 Å². The highest BCUT2D eigenvalue weighted by Crippen LogP contribution is 2.13. The normalized spacial score (nSPS) is 15.2. The maximum Gasteiger partial charge on any atom is 0.255 e. The Balaban J connectivity index is 1.66. The fourth-order valence-corrected chi connectivity index (χ4v) is 2.94. The Morgan fingerprint density at radius 3 is 2.21 bits per heavy atom. The monoisotopic (exact) mass is 329 g/mol. The quantitative estimate of drug-likeness (QED) is 0.847. The molecule has 0 spiro atoms. The first kappa shape index (κ1) is 16.2. The second kappa shape index (κ2) is 6.86. The number of carbonyl (C=O) groups excluding carboxylic acids is 2. The Kier molecular flexibility index (Phi) is 4.64. The van der Waals surface area contributed by atoms with Gasteiger partial charge in [0, 0.05) is 51.2 Å². The van der Waals surface area contributed by atoms with Gasteiger partial charge in [0.1, 0.15) is 5.82 Å². The van der Waals surface area contributed by atoms with Gasteiger partial charge in [-0.05, 0) is 30.7 Å². The average molecular weight is 329 g/mol. The van der Waals surface area contributed by atoms with E-state index in [-0.39, 0.29) is 11.8 Å². The van der Waals surface area contributed by atoms with E-state index in [1.807, 2.05) is 17.8 Å². The Morgan fingerprint density at radius 1 is 0.958 bits per heavy atom. The molecule has 2 amide bonds. The average Bonchev–Trinajstić information content (AvgIpc) is 2.86. The molecule has 1 fully saturated rings. The van der Waals surface area contributed by atoms with Crippen molar-refractivity contribution in [2.75, 3.05) is 26.2 Å². The van der Waals surface area contributed by atoms with Crippen LogP contribution >= 0.6 is 0 Å². The van der Waals surface area contributed by atoms with Crippen LogP contribution in [0.1, 0.15) is 27.1 Å². The van der Waals surface area contributed by atoms with Gasteiger partial charge in [0.15, 0.2) is 0 Å². The summed E-state index contributed by atoms with van der Waals surface area (Å²) in [5.41, 5.74) is 1.00. The molecule has 0 aliphatic carbocycles. The number of benzene rings is 1. The van der Waals surface area contributed by atoms with Gasteiger partial charge in [-0.15, -0.1) is 0 Å². The highest BCUT2D eigenvalue weighted by molar-refractivity contribution is 5.95. The Bertz CT molecular complexity index is 756. The fraction of sp³-hybridized carbons (Fsp3) is 0.333. The van der Waals surface area contributed by atoms with Crippen LogP contribution in [0.3, 0.4) is 0 Å². The third-order valence-electron chi connectivity index (χ3n) is 4.22. The SMILES string of the molecule is Cn1ccc(C(=O)N2CCCN(C(=O)c3cccc(F)c3)CC2)c1. The van der Waals surface area contributed by atoms with Crippen LogP contribution in [0.2, 0.25) is 0 Å². The smallest absolute Gasteiger partial charge is 0.255 e. The first-order valence-electron chi connectivity index (χ1n) is 8.01. The van der Waals surface area contributed by atoms with E-state index in [4.69, 9.17) is 0 Å². The molecule has 0 atom stereocenters. The predicted molar refractivity (Wildman–Crippen MR) is 88.2 cm³/mol. The molecule has 0 N–H and O–H groups in total. The number of rotatable bonds is 2. The lowest BCUT2D eigenvalue weighted by molar-refractivity contribution is 0.0718. The Labute approximate surface area is 140 Å². The first-order valence-corrected chi connectivity index (χ1v) is 8.01. The van der Waals surface area contributed by atoms with Crippen LogP contribution in [0.5, 0.6) is 0 Å². The number of halogens is 1. The molecule has 2 heterocycles. The lowest BCUT2D eigenvalue weighted by Gasteiger charge is -2.22. The maximum atomic E-state index is 13.3. The Hall–Kier alpha value is -2.63. The summed E-state index contributed by atoms with van der Waals surface area (Å²) in [6.45, 7) is 2.11. The number of nitrogens with zero attached hydrogens (tertiary/aromatic N) is 3. The fourth-order valence-electron chi connectivity index (χ4n) is 2.94. The third-order valence-corrected chi connectivity index (χ3v) is 4.22. The van der Waals surface area contributed by atoms with Crippen molar-refractivity contribution < 1.29 is 14.0 Å². The van der Waals surface area contributed by atoms with Gasteiger partial charge in [-0.25, -0.2) is 4.39 Å². The van der Waals surface area contributed by atoms with Crippen molar-refractivity contribution in [2.45, 2.75) is 6.42 Å². The van der Waals surface area contributed by atoms with Crippen molar-refractivity contribution in [1.29, 1.82) is 0 Å². The molecule has 5 nitrogen and oxygen atoms in total. The summed E-state index contributed by atoms with van der Waals surface area (Å²) in [5.74, 6) is -0.629. The van der Waals surface area contributed by atoms with Gasteiger partial charge in [0.05, 0.1) is 5.56 Å². The van der Waals surface area contributed by atoms with E-state index in [9.17, 15) is 14.0 Å². The topological polar surface area (TPSA) is 45.6 Å². The van der Waals surface area contributed by atoms with Gasteiger partial charge < -0.3 is 14.4 Å². The second-order valence-electron chi connectivity index (χ2n) is 6.01. The van der Waals surface area contributed by atoms with Gasteiger partial charge in [-0.3, -0.25) is 9.59 Å². The number of aryl methyl sites for hydroxylation is 1. The highest BCUT2D eigenvalue weighted by Gasteiger charge is 2.24. The van der Waals surface area contributed by atoms with E-state index in [1.54, 1.807) is 28.1 Å². The number of aromatic nitrogens is 1. The van der Waals surface area contributed by atoms with E-state index in [0.29, 0.717) is 43.7 Å². The number of hydrogen-bond donors (Lipinski definition) is 0. The lowest BCUT2D eigenvalue weighted by Crippen LogP contribution is -2.37. The van der Waals surface area contributed by atoms with Crippen molar-refractivity contribution in [1.82, 2.24) is 14.4 Å². The summed E-state index contributed by atoms with van der Waals surface area (Å²) in [5, 5.41) is 0. The molecule has 0 bridgehead atoms. The van der Waals surface area contributed by atoms with Crippen molar-refractivity contribution in [3.63, 3.8) is 0 Å². The van der Waals surface area contributed by atoms with Crippen molar-refractivity contribution >= 4 is 11.8 Å². The first-order chi connectivity index (χ1) is 11.5. The van der Waals surface area contributed by atoms with Crippen LogP contribution in [0.15, 0.2) is 42.7 Å². The van der Waals surface area contributed by atoms with Crippen LogP contribution in [0.25, 0.3) is 0 Å². The molecule has 3 rings (SSSR count). The zero-order chi connectivity index (χ0) is 17.1.